The van der Waals surface area contributed by atoms with Crippen molar-refractivity contribution in [3.63, 3.8) is 0 Å². The van der Waals surface area contributed by atoms with Crippen LogP contribution in [0.3, 0.4) is 0 Å². The van der Waals surface area contributed by atoms with Crippen LogP contribution in [0.15, 0.2) is 53.4 Å². The van der Waals surface area contributed by atoms with E-state index in [4.69, 9.17) is 4.74 Å². The molecule has 2 aromatic rings. The number of thioether (sulfide) groups is 1. The van der Waals surface area contributed by atoms with E-state index >= 15 is 0 Å². The van der Waals surface area contributed by atoms with Crippen LogP contribution in [0.25, 0.3) is 6.08 Å². The molecule has 1 N–H and O–H groups in total. The second kappa shape index (κ2) is 8.05. The molecule has 0 spiro atoms. The highest BCUT2D eigenvalue weighted by molar-refractivity contribution is 8.18. The summed E-state index contributed by atoms with van der Waals surface area (Å²) in [7, 11) is 1.55. The zero-order valence-corrected chi connectivity index (χ0v) is 15.1. The second-order valence-corrected chi connectivity index (χ2v) is 6.56. The van der Waals surface area contributed by atoms with Crippen LogP contribution >= 0.6 is 11.8 Å². The molecular weight excluding hydrogens is 371 g/mol. The van der Waals surface area contributed by atoms with Crippen molar-refractivity contribution in [2.75, 3.05) is 19.0 Å². The van der Waals surface area contributed by atoms with Gasteiger partial charge < -0.3 is 10.1 Å². The summed E-state index contributed by atoms with van der Waals surface area (Å²) in [6, 6.07) is 12.6. The molecule has 1 aliphatic rings. The molecular formula is C19H15FN2O4S. The Morgan fingerprint density at radius 3 is 2.56 bits per heavy atom. The molecule has 0 aromatic heterocycles. The van der Waals surface area contributed by atoms with E-state index < -0.39 is 29.4 Å². The molecule has 1 heterocycles. The minimum absolute atomic E-state index is 0.0109. The maximum atomic E-state index is 13.6. The van der Waals surface area contributed by atoms with Gasteiger partial charge in [0.05, 0.1) is 17.7 Å². The molecule has 0 unspecified atom stereocenters. The Hall–Kier alpha value is -3.13. The van der Waals surface area contributed by atoms with E-state index in [0.29, 0.717) is 5.75 Å². The molecule has 0 radical (unpaired) electrons. The molecule has 6 nitrogen and oxygen atoms in total. The van der Waals surface area contributed by atoms with Crippen molar-refractivity contribution in [3.8, 4) is 5.75 Å². The number of nitrogens with one attached hydrogen (secondary N) is 1. The van der Waals surface area contributed by atoms with Gasteiger partial charge >= 0.3 is 0 Å². The van der Waals surface area contributed by atoms with Gasteiger partial charge in [-0.1, -0.05) is 24.3 Å². The number of hydrogen-bond acceptors (Lipinski definition) is 5. The Balaban J connectivity index is 1.69. The van der Waals surface area contributed by atoms with Crippen molar-refractivity contribution in [1.29, 1.82) is 0 Å². The van der Waals surface area contributed by atoms with Crippen LogP contribution in [0, 0.1) is 5.82 Å². The smallest absolute Gasteiger partial charge is 0.294 e. The Bertz CT molecular complexity index is 928. The van der Waals surface area contributed by atoms with Crippen molar-refractivity contribution in [2.24, 2.45) is 0 Å². The first kappa shape index (κ1) is 18.7. The summed E-state index contributed by atoms with van der Waals surface area (Å²) in [6.07, 6.45) is 1.57. The van der Waals surface area contributed by atoms with Gasteiger partial charge in [-0.25, -0.2) is 4.39 Å². The van der Waals surface area contributed by atoms with Crippen LogP contribution in [0.2, 0.25) is 0 Å². The third-order valence-corrected chi connectivity index (χ3v) is 4.64. The molecule has 0 aliphatic carbocycles. The number of carbonyl (C=O) groups is 3. The van der Waals surface area contributed by atoms with Gasteiger partial charge in [-0.15, -0.1) is 0 Å². The fourth-order valence-electron chi connectivity index (χ4n) is 2.38. The number of carbonyl (C=O) groups excluding carboxylic acids is 3. The zero-order valence-electron chi connectivity index (χ0n) is 14.3. The number of ether oxygens (including phenoxy) is 1. The van der Waals surface area contributed by atoms with E-state index in [1.54, 1.807) is 43.5 Å². The number of nitrogens with zero attached hydrogens (tertiary/aromatic N) is 1. The number of methoxy groups -OCH3 is 1. The molecule has 2 aromatic carbocycles. The lowest BCUT2D eigenvalue weighted by Crippen LogP contribution is -2.36. The summed E-state index contributed by atoms with van der Waals surface area (Å²) in [6.45, 7) is -0.487. The number of para-hydroxylation sites is 1. The van der Waals surface area contributed by atoms with Gasteiger partial charge in [-0.3, -0.25) is 19.3 Å². The first-order chi connectivity index (χ1) is 13.0. The van der Waals surface area contributed by atoms with E-state index in [1.165, 1.54) is 18.2 Å². The summed E-state index contributed by atoms with van der Waals surface area (Å²) in [5.41, 5.74) is 0.709. The van der Waals surface area contributed by atoms with Gasteiger partial charge in [0.2, 0.25) is 5.91 Å². The van der Waals surface area contributed by atoms with E-state index in [1.807, 2.05) is 0 Å². The number of rotatable bonds is 5. The molecule has 1 fully saturated rings. The summed E-state index contributed by atoms with van der Waals surface area (Å²) in [5, 5.41) is 1.80. The fourth-order valence-corrected chi connectivity index (χ4v) is 3.22. The van der Waals surface area contributed by atoms with Crippen molar-refractivity contribution in [2.45, 2.75) is 0 Å². The number of halogens is 1. The van der Waals surface area contributed by atoms with E-state index in [-0.39, 0.29) is 10.6 Å². The van der Waals surface area contributed by atoms with Gasteiger partial charge in [0.25, 0.3) is 11.1 Å². The Morgan fingerprint density at radius 2 is 1.89 bits per heavy atom. The minimum Gasteiger partial charge on any atom is -0.497 e. The molecule has 138 valence electrons. The summed E-state index contributed by atoms with van der Waals surface area (Å²) in [5.74, 6) is -1.15. The lowest BCUT2D eigenvalue weighted by Gasteiger charge is -2.12. The first-order valence-electron chi connectivity index (χ1n) is 7.92. The molecule has 1 aliphatic heterocycles. The van der Waals surface area contributed by atoms with Gasteiger partial charge in [0.15, 0.2) is 0 Å². The summed E-state index contributed by atoms with van der Waals surface area (Å²) in [4.78, 5) is 37.7. The number of amides is 3. The van der Waals surface area contributed by atoms with E-state index in [2.05, 4.69) is 5.32 Å². The molecule has 1 saturated heterocycles. The molecule has 0 atom stereocenters. The first-order valence-corrected chi connectivity index (χ1v) is 8.73. The third kappa shape index (κ3) is 4.35. The number of anilines is 1. The highest BCUT2D eigenvalue weighted by Gasteiger charge is 2.36. The average molecular weight is 386 g/mol. The Morgan fingerprint density at radius 1 is 1.19 bits per heavy atom. The molecule has 3 amide bonds. The monoisotopic (exact) mass is 386 g/mol. The van der Waals surface area contributed by atoms with Crippen molar-refractivity contribution in [3.05, 3.63) is 64.8 Å². The quantitative estimate of drug-likeness (QED) is 0.796. The minimum atomic E-state index is -0.659. The van der Waals surface area contributed by atoms with Gasteiger partial charge in [-0.2, -0.15) is 0 Å². The van der Waals surface area contributed by atoms with Crippen LogP contribution in [-0.4, -0.2) is 35.6 Å². The van der Waals surface area contributed by atoms with Gasteiger partial charge in [-0.05, 0) is 47.7 Å². The van der Waals surface area contributed by atoms with Crippen LogP contribution in [0.1, 0.15) is 5.56 Å². The topological polar surface area (TPSA) is 75.7 Å². The fraction of sp³-hybridized carbons (Fsp3) is 0.105. The van der Waals surface area contributed by atoms with Crippen LogP contribution in [-0.2, 0) is 9.59 Å². The number of benzene rings is 2. The van der Waals surface area contributed by atoms with E-state index in [9.17, 15) is 18.8 Å². The van der Waals surface area contributed by atoms with Crippen LogP contribution in [0.4, 0.5) is 14.9 Å². The SMILES string of the molecule is COc1ccc(/C=C2\SC(=O)N(CC(=O)Nc3ccccc3F)C2=O)cc1. The number of imide groups is 1. The lowest BCUT2D eigenvalue weighted by atomic mass is 10.2. The van der Waals surface area contributed by atoms with Crippen molar-refractivity contribution >= 4 is 40.6 Å². The zero-order chi connectivity index (χ0) is 19.4. The molecule has 0 saturated carbocycles. The van der Waals surface area contributed by atoms with Crippen LogP contribution in [0.5, 0.6) is 5.75 Å². The Labute approximate surface area is 159 Å². The molecule has 8 heteroatoms. The normalized spacial score (nSPS) is 15.3. The lowest BCUT2D eigenvalue weighted by molar-refractivity contribution is -0.127. The van der Waals surface area contributed by atoms with E-state index in [0.717, 1.165) is 22.2 Å². The maximum Gasteiger partial charge on any atom is 0.294 e. The maximum absolute atomic E-state index is 13.6. The molecule has 0 bridgehead atoms. The molecule has 3 rings (SSSR count). The number of hydrogen-bond donors (Lipinski definition) is 1. The summed E-state index contributed by atoms with van der Waals surface area (Å²) >= 11 is 0.751. The van der Waals surface area contributed by atoms with Gasteiger partial charge in [0, 0.05) is 0 Å². The van der Waals surface area contributed by atoms with Crippen molar-refractivity contribution < 1.29 is 23.5 Å². The average Bonchev–Trinajstić information content (AvgIpc) is 2.91. The largest absolute Gasteiger partial charge is 0.497 e. The third-order valence-electron chi connectivity index (χ3n) is 3.74. The van der Waals surface area contributed by atoms with Crippen molar-refractivity contribution in [1.82, 2.24) is 4.90 Å². The highest BCUT2D eigenvalue weighted by Crippen LogP contribution is 2.32. The predicted octanol–water partition coefficient (Wildman–Crippen LogP) is 3.51. The molecule has 27 heavy (non-hydrogen) atoms. The second-order valence-electron chi connectivity index (χ2n) is 5.57. The highest BCUT2D eigenvalue weighted by atomic mass is 32.2. The van der Waals surface area contributed by atoms with Gasteiger partial charge in [0.1, 0.15) is 18.1 Å². The Kier molecular flexibility index (Phi) is 5.56. The summed E-state index contributed by atoms with van der Waals surface area (Å²) < 4.78 is 18.7. The standard InChI is InChI=1S/C19H15FN2O4S/c1-26-13-8-6-12(7-9-13)10-16-18(24)22(19(25)27-16)11-17(23)21-15-5-3-2-4-14(15)20/h2-10H,11H2,1H3,(H,21,23)/b16-10-. The predicted molar refractivity (Wildman–Crippen MR) is 101 cm³/mol. The van der Waals surface area contributed by atoms with Crippen LogP contribution < -0.4 is 10.1 Å².